The van der Waals surface area contributed by atoms with Crippen LogP contribution in [0.2, 0.25) is 5.02 Å². The molecule has 0 spiro atoms. The minimum Gasteiger partial charge on any atom is -0.462 e. The Bertz CT molecular complexity index is 419. The van der Waals surface area contributed by atoms with Crippen LogP contribution in [0.25, 0.3) is 0 Å². The van der Waals surface area contributed by atoms with E-state index >= 15 is 0 Å². The zero-order valence-corrected chi connectivity index (χ0v) is 12.3. The predicted octanol–water partition coefficient (Wildman–Crippen LogP) is 4.50. The molecule has 0 amide bonds. The van der Waals surface area contributed by atoms with Crippen molar-refractivity contribution in [1.82, 2.24) is 0 Å². The maximum absolute atomic E-state index is 11.6. The molecule has 0 aliphatic heterocycles. The molecule has 18 heavy (non-hydrogen) atoms. The Morgan fingerprint density at radius 2 is 2.00 bits per heavy atom. The zero-order valence-electron chi connectivity index (χ0n) is 11.5. The van der Waals surface area contributed by atoms with Gasteiger partial charge in [-0.3, -0.25) is 0 Å². The molecule has 0 aliphatic rings. The van der Waals surface area contributed by atoms with E-state index in [1.54, 1.807) is 19.1 Å². The first kappa shape index (κ1) is 15.0. The predicted molar refractivity (Wildman–Crippen MR) is 75.2 cm³/mol. The van der Waals surface area contributed by atoms with Crippen LogP contribution in [0.1, 0.15) is 50.0 Å². The van der Waals surface area contributed by atoms with Gasteiger partial charge in [-0.15, -0.1) is 0 Å². The number of hydrogen-bond acceptors (Lipinski definition) is 2. The lowest BCUT2D eigenvalue weighted by molar-refractivity contribution is 0.0526. The van der Waals surface area contributed by atoms with E-state index < -0.39 is 0 Å². The zero-order chi connectivity index (χ0) is 13.8. The van der Waals surface area contributed by atoms with E-state index in [0.717, 1.165) is 18.4 Å². The van der Waals surface area contributed by atoms with Crippen molar-refractivity contribution < 1.29 is 9.53 Å². The SMILES string of the molecule is CCOC(=O)c1ccc(Cl)c(CCC(C)(C)C)c1. The fraction of sp³-hybridized carbons (Fsp3) is 0.533. The fourth-order valence-corrected chi connectivity index (χ4v) is 1.83. The number of esters is 1. The summed E-state index contributed by atoms with van der Waals surface area (Å²) in [5.74, 6) is -0.286. The van der Waals surface area contributed by atoms with Crippen molar-refractivity contribution in [3.8, 4) is 0 Å². The maximum Gasteiger partial charge on any atom is 0.338 e. The molecule has 1 aromatic carbocycles. The standard InChI is InChI=1S/C15H21ClO2/c1-5-18-14(17)12-6-7-13(16)11(10-12)8-9-15(2,3)4/h6-7,10H,5,8-9H2,1-4H3. The van der Waals surface area contributed by atoms with Crippen LogP contribution in [-0.4, -0.2) is 12.6 Å². The highest BCUT2D eigenvalue weighted by atomic mass is 35.5. The number of rotatable bonds is 4. The van der Waals surface area contributed by atoms with Crippen LogP contribution in [0.15, 0.2) is 18.2 Å². The van der Waals surface area contributed by atoms with Crippen LogP contribution in [0.5, 0.6) is 0 Å². The third kappa shape index (κ3) is 4.69. The highest BCUT2D eigenvalue weighted by Crippen LogP contribution is 2.25. The number of halogens is 1. The molecule has 0 bridgehead atoms. The molecule has 2 nitrogen and oxygen atoms in total. The number of ether oxygens (including phenoxy) is 1. The van der Waals surface area contributed by atoms with E-state index in [9.17, 15) is 4.79 Å². The van der Waals surface area contributed by atoms with Crippen LogP contribution >= 0.6 is 11.6 Å². The van der Waals surface area contributed by atoms with Gasteiger partial charge in [-0.1, -0.05) is 32.4 Å². The molecule has 100 valence electrons. The van der Waals surface area contributed by atoms with Crippen LogP contribution in [-0.2, 0) is 11.2 Å². The van der Waals surface area contributed by atoms with E-state index in [2.05, 4.69) is 20.8 Å². The lowest BCUT2D eigenvalue weighted by Gasteiger charge is -2.18. The molecule has 3 heteroatoms. The van der Waals surface area contributed by atoms with Gasteiger partial charge in [-0.05, 0) is 48.9 Å². The summed E-state index contributed by atoms with van der Waals surface area (Å²) in [6.07, 6.45) is 1.90. The molecular formula is C15H21ClO2. The lowest BCUT2D eigenvalue weighted by Crippen LogP contribution is -2.08. The molecule has 0 aromatic heterocycles. The molecule has 0 aliphatic carbocycles. The lowest BCUT2D eigenvalue weighted by atomic mass is 9.88. The van der Waals surface area contributed by atoms with Gasteiger partial charge in [-0.2, -0.15) is 0 Å². The second kappa shape index (κ2) is 6.24. The topological polar surface area (TPSA) is 26.3 Å². The first-order valence-corrected chi connectivity index (χ1v) is 6.67. The van der Waals surface area contributed by atoms with E-state index in [1.165, 1.54) is 0 Å². The summed E-state index contributed by atoms with van der Waals surface area (Å²) >= 11 is 6.15. The molecule has 0 saturated carbocycles. The highest BCUT2D eigenvalue weighted by Gasteiger charge is 2.13. The van der Waals surface area contributed by atoms with Gasteiger partial charge in [0.1, 0.15) is 0 Å². The average Bonchev–Trinajstić information content (AvgIpc) is 2.27. The van der Waals surface area contributed by atoms with Crippen LogP contribution in [0, 0.1) is 5.41 Å². The van der Waals surface area contributed by atoms with E-state index in [-0.39, 0.29) is 11.4 Å². The summed E-state index contributed by atoms with van der Waals surface area (Å²) in [6, 6.07) is 5.32. The minimum absolute atomic E-state index is 0.253. The van der Waals surface area contributed by atoms with Gasteiger partial charge < -0.3 is 4.74 Å². The maximum atomic E-state index is 11.6. The van der Waals surface area contributed by atoms with Gasteiger partial charge in [0, 0.05) is 5.02 Å². The number of benzene rings is 1. The van der Waals surface area contributed by atoms with E-state index in [0.29, 0.717) is 17.2 Å². The Balaban J connectivity index is 2.84. The molecule has 1 aromatic rings. The van der Waals surface area contributed by atoms with Crippen molar-refractivity contribution in [2.45, 2.75) is 40.5 Å². The molecule has 0 radical (unpaired) electrons. The molecule has 0 saturated heterocycles. The Hall–Kier alpha value is -1.02. The molecule has 0 atom stereocenters. The fourth-order valence-electron chi connectivity index (χ4n) is 1.62. The third-order valence-corrected chi connectivity index (χ3v) is 3.07. The Morgan fingerprint density at radius 1 is 1.33 bits per heavy atom. The smallest absolute Gasteiger partial charge is 0.338 e. The van der Waals surface area contributed by atoms with Crippen molar-refractivity contribution >= 4 is 17.6 Å². The van der Waals surface area contributed by atoms with Gasteiger partial charge in [0.15, 0.2) is 0 Å². The van der Waals surface area contributed by atoms with Crippen molar-refractivity contribution in [2.75, 3.05) is 6.61 Å². The summed E-state index contributed by atoms with van der Waals surface area (Å²) < 4.78 is 4.99. The van der Waals surface area contributed by atoms with Crippen molar-refractivity contribution in [3.05, 3.63) is 34.3 Å². The second-order valence-corrected chi connectivity index (χ2v) is 5.99. The van der Waals surface area contributed by atoms with Crippen molar-refractivity contribution in [2.24, 2.45) is 5.41 Å². The molecule has 0 heterocycles. The van der Waals surface area contributed by atoms with Crippen LogP contribution in [0.3, 0.4) is 0 Å². The summed E-state index contributed by atoms with van der Waals surface area (Å²) in [5, 5.41) is 0.715. The van der Waals surface area contributed by atoms with E-state index in [1.807, 2.05) is 6.07 Å². The van der Waals surface area contributed by atoms with Crippen molar-refractivity contribution in [3.63, 3.8) is 0 Å². The highest BCUT2D eigenvalue weighted by molar-refractivity contribution is 6.31. The Morgan fingerprint density at radius 3 is 2.56 bits per heavy atom. The Kier molecular flexibility index (Phi) is 5.21. The van der Waals surface area contributed by atoms with Crippen LogP contribution in [0.4, 0.5) is 0 Å². The van der Waals surface area contributed by atoms with E-state index in [4.69, 9.17) is 16.3 Å². The normalized spacial score (nSPS) is 11.4. The molecule has 0 fully saturated rings. The summed E-state index contributed by atoms with van der Waals surface area (Å²) in [6.45, 7) is 8.76. The van der Waals surface area contributed by atoms with Crippen LogP contribution < -0.4 is 0 Å². The Labute approximate surface area is 114 Å². The number of hydrogen-bond donors (Lipinski definition) is 0. The molecule has 0 N–H and O–H groups in total. The first-order chi connectivity index (χ1) is 8.33. The molecule has 1 rings (SSSR count). The summed E-state index contributed by atoms with van der Waals surface area (Å²) in [7, 11) is 0. The van der Waals surface area contributed by atoms with Crippen molar-refractivity contribution in [1.29, 1.82) is 0 Å². The summed E-state index contributed by atoms with van der Waals surface area (Å²) in [5.41, 5.74) is 1.84. The second-order valence-electron chi connectivity index (χ2n) is 5.59. The number of carbonyl (C=O) groups is 1. The van der Waals surface area contributed by atoms with Gasteiger partial charge in [0.05, 0.1) is 12.2 Å². The van der Waals surface area contributed by atoms with Gasteiger partial charge in [-0.25, -0.2) is 4.79 Å². The third-order valence-electron chi connectivity index (χ3n) is 2.70. The largest absolute Gasteiger partial charge is 0.462 e. The summed E-state index contributed by atoms with van der Waals surface area (Å²) in [4.78, 5) is 11.6. The monoisotopic (exact) mass is 268 g/mol. The quantitative estimate of drug-likeness (QED) is 0.752. The number of aryl methyl sites for hydroxylation is 1. The first-order valence-electron chi connectivity index (χ1n) is 6.29. The molecule has 0 unspecified atom stereocenters. The molecular weight excluding hydrogens is 248 g/mol. The van der Waals surface area contributed by atoms with Gasteiger partial charge in [0.2, 0.25) is 0 Å². The van der Waals surface area contributed by atoms with Gasteiger partial charge >= 0.3 is 5.97 Å². The average molecular weight is 269 g/mol. The number of carbonyl (C=O) groups excluding carboxylic acids is 1. The minimum atomic E-state index is -0.286. The van der Waals surface area contributed by atoms with Gasteiger partial charge in [0.25, 0.3) is 0 Å².